The molecule has 20 heavy (non-hydrogen) atoms. The topological polar surface area (TPSA) is 77.3 Å². The quantitative estimate of drug-likeness (QED) is 0.661. The highest BCUT2D eigenvalue weighted by Crippen LogP contribution is 2.25. The lowest BCUT2D eigenvalue weighted by Crippen LogP contribution is -2.37. The number of nitro groups is 1. The molecule has 6 heteroatoms. The van der Waals surface area contributed by atoms with Crippen LogP contribution in [-0.4, -0.2) is 28.7 Å². The van der Waals surface area contributed by atoms with Crippen LogP contribution in [0.3, 0.4) is 0 Å². The first kappa shape index (κ1) is 14.9. The number of aryl methyl sites for hydroxylation is 1. The van der Waals surface area contributed by atoms with Gasteiger partial charge in [-0.25, -0.2) is 0 Å². The van der Waals surface area contributed by atoms with Gasteiger partial charge >= 0.3 is 0 Å². The molecule has 1 unspecified atom stereocenters. The summed E-state index contributed by atoms with van der Waals surface area (Å²) in [5, 5.41) is 14.4. The van der Waals surface area contributed by atoms with Crippen molar-refractivity contribution in [2.75, 3.05) is 13.2 Å². The Hall–Kier alpha value is -1.53. The molecule has 110 valence electrons. The van der Waals surface area contributed by atoms with Gasteiger partial charge in [-0.3, -0.25) is 15.1 Å². The van der Waals surface area contributed by atoms with Gasteiger partial charge in [0, 0.05) is 37.0 Å². The Bertz CT molecular complexity index is 511. The second-order valence-corrected chi connectivity index (χ2v) is 5.62. The highest BCUT2D eigenvalue weighted by molar-refractivity contribution is 5.47. The summed E-state index contributed by atoms with van der Waals surface area (Å²) in [6.07, 6.45) is 3.70. The van der Waals surface area contributed by atoms with Crippen LogP contribution in [0.1, 0.15) is 36.6 Å². The van der Waals surface area contributed by atoms with Crippen molar-refractivity contribution in [1.29, 1.82) is 0 Å². The number of ether oxygens (including phenoxy) is 1. The molecule has 1 saturated heterocycles. The fraction of sp³-hybridized carbons (Fsp3) is 0.643. The number of aromatic nitrogens is 1. The SMILES string of the molecule is Cc1cnc(CNCC2(C)CCCO2)c(C)c1[N+](=O)[O-]. The number of rotatable bonds is 5. The average Bonchev–Trinajstić information content (AvgIpc) is 2.79. The van der Waals surface area contributed by atoms with Crippen LogP contribution in [-0.2, 0) is 11.3 Å². The van der Waals surface area contributed by atoms with E-state index in [0.717, 1.165) is 31.7 Å². The van der Waals surface area contributed by atoms with E-state index in [0.29, 0.717) is 17.7 Å². The summed E-state index contributed by atoms with van der Waals surface area (Å²) in [4.78, 5) is 15.0. The third-order valence-corrected chi connectivity index (χ3v) is 3.85. The molecule has 2 rings (SSSR count). The molecule has 0 amide bonds. The minimum atomic E-state index is -0.336. The van der Waals surface area contributed by atoms with Crippen molar-refractivity contribution < 1.29 is 9.66 Å². The molecule has 1 fully saturated rings. The third kappa shape index (κ3) is 3.13. The second-order valence-electron chi connectivity index (χ2n) is 5.62. The number of hydrogen-bond donors (Lipinski definition) is 1. The molecule has 1 atom stereocenters. The first-order valence-electron chi connectivity index (χ1n) is 6.87. The minimum Gasteiger partial charge on any atom is -0.374 e. The first-order chi connectivity index (χ1) is 9.43. The van der Waals surface area contributed by atoms with E-state index in [2.05, 4.69) is 17.2 Å². The monoisotopic (exact) mass is 279 g/mol. The predicted octanol–water partition coefficient (Wildman–Crippen LogP) is 2.27. The van der Waals surface area contributed by atoms with Crippen LogP contribution in [0.5, 0.6) is 0 Å². The van der Waals surface area contributed by atoms with Crippen molar-refractivity contribution in [1.82, 2.24) is 10.3 Å². The lowest BCUT2D eigenvalue weighted by atomic mass is 10.0. The van der Waals surface area contributed by atoms with Gasteiger partial charge in [-0.1, -0.05) is 0 Å². The van der Waals surface area contributed by atoms with E-state index in [1.165, 1.54) is 0 Å². The minimum absolute atomic E-state index is 0.121. The van der Waals surface area contributed by atoms with Crippen LogP contribution in [0.25, 0.3) is 0 Å². The fourth-order valence-electron chi connectivity index (χ4n) is 2.65. The highest BCUT2D eigenvalue weighted by Gasteiger charge is 2.29. The number of nitrogens with zero attached hydrogens (tertiary/aromatic N) is 2. The van der Waals surface area contributed by atoms with Crippen molar-refractivity contribution in [2.45, 2.75) is 45.8 Å². The van der Waals surface area contributed by atoms with Gasteiger partial charge in [-0.05, 0) is 33.6 Å². The molecule has 0 saturated carbocycles. The Morgan fingerprint density at radius 1 is 1.55 bits per heavy atom. The highest BCUT2D eigenvalue weighted by atomic mass is 16.6. The largest absolute Gasteiger partial charge is 0.374 e. The van der Waals surface area contributed by atoms with Crippen LogP contribution < -0.4 is 5.32 Å². The Morgan fingerprint density at radius 2 is 2.30 bits per heavy atom. The van der Waals surface area contributed by atoms with Gasteiger partial charge in [-0.15, -0.1) is 0 Å². The standard InChI is InChI=1S/C14H21N3O3/c1-10-7-16-12(11(2)13(10)17(18)19)8-15-9-14(3)5-4-6-20-14/h7,15H,4-6,8-9H2,1-3H3. The van der Waals surface area contributed by atoms with E-state index in [1.807, 2.05) is 0 Å². The van der Waals surface area contributed by atoms with E-state index in [9.17, 15) is 10.1 Å². The third-order valence-electron chi connectivity index (χ3n) is 3.85. The molecular formula is C14H21N3O3. The summed E-state index contributed by atoms with van der Waals surface area (Å²) in [6.45, 7) is 7.61. The van der Waals surface area contributed by atoms with Crippen molar-refractivity contribution in [2.24, 2.45) is 0 Å². The van der Waals surface area contributed by atoms with E-state index in [-0.39, 0.29) is 16.2 Å². The van der Waals surface area contributed by atoms with Crippen LogP contribution in [0.4, 0.5) is 5.69 Å². The Morgan fingerprint density at radius 3 is 2.90 bits per heavy atom. The molecule has 0 spiro atoms. The molecule has 0 bridgehead atoms. The molecular weight excluding hydrogens is 258 g/mol. The maximum absolute atomic E-state index is 11.1. The lowest BCUT2D eigenvalue weighted by Gasteiger charge is -2.23. The lowest BCUT2D eigenvalue weighted by molar-refractivity contribution is -0.386. The zero-order chi connectivity index (χ0) is 14.8. The molecule has 0 aliphatic carbocycles. The first-order valence-corrected chi connectivity index (χ1v) is 6.87. The van der Waals surface area contributed by atoms with E-state index in [4.69, 9.17) is 4.74 Å². The van der Waals surface area contributed by atoms with Crippen LogP contribution in [0.2, 0.25) is 0 Å². The summed E-state index contributed by atoms with van der Waals surface area (Å²) in [5.74, 6) is 0. The maximum Gasteiger partial charge on any atom is 0.278 e. The van der Waals surface area contributed by atoms with E-state index < -0.39 is 0 Å². The fourth-order valence-corrected chi connectivity index (χ4v) is 2.65. The predicted molar refractivity (Wildman–Crippen MR) is 75.7 cm³/mol. The summed E-state index contributed by atoms with van der Waals surface area (Å²) in [7, 11) is 0. The van der Waals surface area contributed by atoms with Gasteiger partial charge in [0.25, 0.3) is 5.69 Å². The number of nitrogens with one attached hydrogen (secondary N) is 1. The summed E-state index contributed by atoms with van der Waals surface area (Å²) in [5.41, 5.74) is 2.01. The van der Waals surface area contributed by atoms with Gasteiger partial charge in [0.2, 0.25) is 0 Å². The van der Waals surface area contributed by atoms with Crippen LogP contribution in [0, 0.1) is 24.0 Å². The molecule has 1 aliphatic rings. The van der Waals surface area contributed by atoms with E-state index >= 15 is 0 Å². The Kier molecular flexibility index (Phi) is 4.35. The van der Waals surface area contributed by atoms with Crippen molar-refractivity contribution in [3.05, 3.63) is 33.1 Å². The van der Waals surface area contributed by atoms with Gasteiger partial charge in [-0.2, -0.15) is 0 Å². The Balaban J connectivity index is 2.03. The maximum atomic E-state index is 11.1. The number of pyridine rings is 1. The average molecular weight is 279 g/mol. The van der Waals surface area contributed by atoms with Gasteiger partial charge in [0.1, 0.15) is 0 Å². The molecule has 0 aromatic carbocycles. The number of hydrogen-bond acceptors (Lipinski definition) is 5. The molecule has 1 N–H and O–H groups in total. The molecule has 0 radical (unpaired) electrons. The molecule has 2 heterocycles. The zero-order valence-electron chi connectivity index (χ0n) is 12.2. The van der Waals surface area contributed by atoms with Gasteiger partial charge in [0.05, 0.1) is 16.2 Å². The summed E-state index contributed by atoms with van der Waals surface area (Å²) in [6, 6.07) is 0. The van der Waals surface area contributed by atoms with Crippen LogP contribution in [0.15, 0.2) is 6.20 Å². The zero-order valence-corrected chi connectivity index (χ0v) is 12.2. The smallest absolute Gasteiger partial charge is 0.278 e. The molecule has 6 nitrogen and oxygen atoms in total. The normalized spacial score (nSPS) is 22.1. The molecule has 1 aromatic heterocycles. The van der Waals surface area contributed by atoms with Gasteiger partial charge < -0.3 is 10.1 Å². The second kappa shape index (κ2) is 5.85. The summed E-state index contributed by atoms with van der Waals surface area (Å²) >= 11 is 0. The molecule has 1 aromatic rings. The summed E-state index contributed by atoms with van der Waals surface area (Å²) < 4.78 is 5.70. The molecule has 1 aliphatic heterocycles. The van der Waals surface area contributed by atoms with Crippen LogP contribution >= 0.6 is 0 Å². The van der Waals surface area contributed by atoms with Crippen molar-refractivity contribution in [3.63, 3.8) is 0 Å². The van der Waals surface area contributed by atoms with Gasteiger partial charge in [0.15, 0.2) is 0 Å². The van der Waals surface area contributed by atoms with Crippen molar-refractivity contribution >= 4 is 5.69 Å². The van der Waals surface area contributed by atoms with E-state index in [1.54, 1.807) is 20.0 Å². The van der Waals surface area contributed by atoms with Crippen molar-refractivity contribution in [3.8, 4) is 0 Å². The Labute approximate surface area is 118 Å².